The monoisotopic (exact) mass is 358 g/mol. The number of benzene rings is 1. The van der Waals surface area contributed by atoms with Crippen LogP contribution in [0.5, 0.6) is 0 Å². The maximum Gasteiger partial charge on any atom is 0.433 e. The van der Waals surface area contributed by atoms with Crippen molar-refractivity contribution in [1.29, 1.82) is 0 Å². The summed E-state index contributed by atoms with van der Waals surface area (Å²) in [5, 5.41) is 2.59. The van der Waals surface area contributed by atoms with Crippen LogP contribution in [0.3, 0.4) is 0 Å². The zero-order chi connectivity index (χ0) is 17.9. The maximum atomic E-state index is 12.6. The summed E-state index contributed by atoms with van der Waals surface area (Å²) in [5.74, 6) is -1.59. The summed E-state index contributed by atoms with van der Waals surface area (Å²) in [7, 11) is 1.15. The molecular weight excluding hydrogens is 349 g/mol. The highest BCUT2D eigenvalue weighted by atomic mass is 35.5. The van der Waals surface area contributed by atoms with Gasteiger partial charge in [0.15, 0.2) is 0 Å². The number of hydrogen-bond donors (Lipinski definition) is 1. The molecule has 0 aliphatic heterocycles. The highest BCUT2D eigenvalue weighted by Crippen LogP contribution is 2.28. The molecule has 0 spiro atoms. The quantitative estimate of drug-likeness (QED) is 0.847. The highest BCUT2D eigenvalue weighted by Gasteiger charge is 2.33. The molecule has 1 aromatic heterocycles. The molecule has 0 aliphatic rings. The number of ether oxygens (including phenoxy) is 1. The maximum absolute atomic E-state index is 12.6. The van der Waals surface area contributed by atoms with E-state index in [1.54, 1.807) is 0 Å². The summed E-state index contributed by atoms with van der Waals surface area (Å²) in [6.07, 6.45) is -3.80. The van der Waals surface area contributed by atoms with Crippen LogP contribution in [0.2, 0.25) is 5.02 Å². The van der Waals surface area contributed by atoms with Crippen LogP contribution in [0, 0.1) is 0 Å². The molecule has 0 radical (unpaired) electrons. The van der Waals surface area contributed by atoms with E-state index in [-0.39, 0.29) is 21.8 Å². The molecule has 0 fully saturated rings. The van der Waals surface area contributed by atoms with E-state index in [1.165, 1.54) is 18.2 Å². The Bertz CT molecular complexity index is 794. The topological polar surface area (TPSA) is 68.3 Å². The molecule has 2 aromatic rings. The lowest BCUT2D eigenvalue weighted by Gasteiger charge is -2.11. The Balaban J connectivity index is 2.32. The number of pyridine rings is 1. The molecule has 1 amide bonds. The Kier molecular flexibility index (Phi) is 5.08. The molecule has 24 heavy (non-hydrogen) atoms. The average molecular weight is 359 g/mol. The fourth-order valence-corrected chi connectivity index (χ4v) is 2.00. The van der Waals surface area contributed by atoms with E-state index in [4.69, 9.17) is 11.6 Å². The van der Waals surface area contributed by atoms with E-state index < -0.39 is 23.7 Å². The fraction of sp³-hybridized carbons (Fsp3) is 0.133. The number of anilines is 1. The predicted octanol–water partition coefficient (Wildman–Crippen LogP) is 3.79. The van der Waals surface area contributed by atoms with Gasteiger partial charge in [-0.2, -0.15) is 13.2 Å². The van der Waals surface area contributed by atoms with Crippen molar-refractivity contribution in [2.75, 3.05) is 12.4 Å². The molecule has 0 saturated carbocycles. The Morgan fingerprint density at radius 1 is 1.21 bits per heavy atom. The molecule has 1 aromatic carbocycles. The van der Waals surface area contributed by atoms with Crippen LogP contribution >= 0.6 is 11.6 Å². The molecule has 2 rings (SSSR count). The first-order valence-electron chi connectivity index (χ1n) is 6.45. The van der Waals surface area contributed by atoms with E-state index in [1.807, 2.05) is 0 Å². The predicted molar refractivity (Wildman–Crippen MR) is 80.0 cm³/mol. The van der Waals surface area contributed by atoms with Crippen LogP contribution in [-0.4, -0.2) is 24.0 Å². The third-order valence-electron chi connectivity index (χ3n) is 2.95. The van der Waals surface area contributed by atoms with Gasteiger partial charge in [-0.05, 0) is 30.3 Å². The van der Waals surface area contributed by atoms with E-state index in [0.29, 0.717) is 6.07 Å². The SMILES string of the molecule is COC(=O)c1cc(Cl)ccc1NC(=O)c1ccnc(C(F)(F)F)c1. The summed E-state index contributed by atoms with van der Waals surface area (Å²) >= 11 is 5.79. The molecule has 1 N–H and O–H groups in total. The summed E-state index contributed by atoms with van der Waals surface area (Å²) in [4.78, 5) is 27.0. The summed E-state index contributed by atoms with van der Waals surface area (Å²) in [5.41, 5.74) is -1.42. The van der Waals surface area contributed by atoms with Gasteiger partial charge >= 0.3 is 12.1 Å². The molecule has 5 nitrogen and oxygen atoms in total. The Hall–Kier alpha value is -2.61. The zero-order valence-corrected chi connectivity index (χ0v) is 12.9. The number of rotatable bonds is 3. The third kappa shape index (κ3) is 4.02. The number of amides is 1. The van der Waals surface area contributed by atoms with Crippen molar-refractivity contribution in [3.8, 4) is 0 Å². The number of methoxy groups -OCH3 is 1. The molecule has 9 heteroatoms. The number of alkyl halides is 3. The number of nitrogens with one attached hydrogen (secondary N) is 1. The van der Waals surface area contributed by atoms with Crippen molar-refractivity contribution < 1.29 is 27.5 Å². The number of nitrogens with zero attached hydrogens (tertiary/aromatic N) is 1. The van der Waals surface area contributed by atoms with Gasteiger partial charge in [0.2, 0.25) is 0 Å². The summed E-state index contributed by atoms with van der Waals surface area (Å²) in [6.45, 7) is 0. The Morgan fingerprint density at radius 2 is 1.92 bits per heavy atom. The van der Waals surface area contributed by atoms with Crippen LogP contribution in [0.4, 0.5) is 18.9 Å². The summed E-state index contributed by atoms with van der Waals surface area (Å²) in [6, 6.07) is 5.77. The first-order valence-corrected chi connectivity index (χ1v) is 6.82. The lowest BCUT2D eigenvalue weighted by molar-refractivity contribution is -0.141. The molecule has 0 saturated heterocycles. The lowest BCUT2D eigenvalue weighted by atomic mass is 10.1. The van der Waals surface area contributed by atoms with E-state index in [9.17, 15) is 22.8 Å². The molecule has 0 unspecified atom stereocenters. The minimum atomic E-state index is -4.67. The van der Waals surface area contributed by atoms with Gasteiger partial charge in [0.25, 0.3) is 5.91 Å². The van der Waals surface area contributed by atoms with Crippen LogP contribution < -0.4 is 5.32 Å². The van der Waals surface area contributed by atoms with Crippen LogP contribution in [0.25, 0.3) is 0 Å². The van der Waals surface area contributed by atoms with Crippen molar-refractivity contribution >= 4 is 29.2 Å². The van der Waals surface area contributed by atoms with Gasteiger partial charge in [-0.3, -0.25) is 9.78 Å². The van der Waals surface area contributed by atoms with Gasteiger partial charge in [0.05, 0.1) is 18.4 Å². The van der Waals surface area contributed by atoms with Crippen molar-refractivity contribution in [3.63, 3.8) is 0 Å². The van der Waals surface area contributed by atoms with E-state index in [0.717, 1.165) is 19.4 Å². The van der Waals surface area contributed by atoms with E-state index in [2.05, 4.69) is 15.0 Å². The first-order chi connectivity index (χ1) is 11.2. The largest absolute Gasteiger partial charge is 0.465 e. The molecule has 1 heterocycles. The normalized spacial score (nSPS) is 11.0. The second-order valence-electron chi connectivity index (χ2n) is 4.56. The average Bonchev–Trinajstić information content (AvgIpc) is 2.55. The van der Waals surface area contributed by atoms with E-state index >= 15 is 0 Å². The second-order valence-corrected chi connectivity index (χ2v) is 5.00. The number of carbonyl (C=O) groups excluding carboxylic acids is 2. The van der Waals surface area contributed by atoms with Gasteiger partial charge < -0.3 is 10.1 Å². The minimum absolute atomic E-state index is 0.0246. The number of aromatic nitrogens is 1. The Morgan fingerprint density at radius 3 is 2.54 bits per heavy atom. The van der Waals surface area contributed by atoms with Crippen molar-refractivity contribution in [2.45, 2.75) is 6.18 Å². The first kappa shape index (κ1) is 17.7. The number of halogens is 4. The molecule has 126 valence electrons. The number of hydrogen-bond acceptors (Lipinski definition) is 4. The van der Waals surface area contributed by atoms with Crippen LogP contribution in [-0.2, 0) is 10.9 Å². The van der Waals surface area contributed by atoms with Gasteiger partial charge in [-0.15, -0.1) is 0 Å². The van der Waals surface area contributed by atoms with Gasteiger partial charge in [0.1, 0.15) is 5.69 Å². The highest BCUT2D eigenvalue weighted by molar-refractivity contribution is 6.31. The second kappa shape index (κ2) is 6.88. The number of carbonyl (C=O) groups is 2. The number of esters is 1. The molecule has 0 aliphatic carbocycles. The lowest BCUT2D eigenvalue weighted by Crippen LogP contribution is -2.17. The van der Waals surface area contributed by atoms with Crippen molar-refractivity contribution in [3.05, 3.63) is 58.4 Å². The summed E-state index contributed by atoms with van der Waals surface area (Å²) < 4.78 is 42.5. The fourth-order valence-electron chi connectivity index (χ4n) is 1.83. The standard InChI is InChI=1S/C15H10ClF3N2O3/c1-24-14(23)10-7-9(16)2-3-11(10)21-13(22)8-4-5-20-12(6-8)15(17,18)19/h2-7H,1H3,(H,21,22). The van der Waals surface area contributed by atoms with Gasteiger partial charge in [-0.25, -0.2) is 4.79 Å². The molecular formula is C15H10ClF3N2O3. The minimum Gasteiger partial charge on any atom is -0.465 e. The zero-order valence-electron chi connectivity index (χ0n) is 12.1. The van der Waals surface area contributed by atoms with Crippen LogP contribution in [0.15, 0.2) is 36.5 Å². The Labute approximate surface area is 139 Å². The molecule has 0 bridgehead atoms. The third-order valence-corrected chi connectivity index (χ3v) is 3.18. The van der Waals surface area contributed by atoms with Gasteiger partial charge in [-0.1, -0.05) is 11.6 Å². The van der Waals surface area contributed by atoms with Crippen molar-refractivity contribution in [2.24, 2.45) is 0 Å². The molecule has 0 atom stereocenters. The van der Waals surface area contributed by atoms with Crippen molar-refractivity contribution in [1.82, 2.24) is 4.98 Å². The van der Waals surface area contributed by atoms with Crippen LogP contribution in [0.1, 0.15) is 26.4 Å². The van der Waals surface area contributed by atoms with Gasteiger partial charge in [0, 0.05) is 16.8 Å². The smallest absolute Gasteiger partial charge is 0.433 e.